The van der Waals surface area contributed by atoms with Gasteiger partial charge in [0.05, 0.1) is 25.4 Å². The third-order valence-corrected chi connectivity index (χ3v) is 2.52. The van der Waals surface area contributed by atoms with Crippen molar-refractivity contribution in [1.82, 2.24) is 4.90 Å². The van der Waals surface area contributed by atoms with Gasteiger partial charge in [0.25, 0.3) is 0 Å². The maximum atomic E-state index is 11.3. The van der Waals surface area contributed by atoms with Crippen LogP contribution in [0.1, 0.15) is 19.8 Å². The SMILES string of the molecule is C=C(COCCN1CCCC1=O)C(=O)OCC. The van der Waals surface area contributed by atoms with Crippen LogP contribution in [0.5, 0.6) is 0 Å². The number of esters is 1. The zero-order chi connectivity index (χ0) is 12.7. The second-order valence-electron chi connectivity index (χ2n) is 3.86. The molecule has 1 aliphatic rings. The van der Waals surface area contributed by atoms with Gasteiger partial charge in [0.1, 0.15) is 0 Å². The Labute approximate surface area is 101 Å². The highest BCUT2D eigenvalue weighted by Crippen LogP contribution is 2.08. The number of ether oxygens (including phenoxy) is 2. The number of hydrogen-bond donors (Lipinski definition) is 0. The minimum Gasteiger partial charge on any atom is -0.463 e. The maximum absolute atomic E-state index is 11.3. The van der Waals surface area contributed by atoms with Crippen LogP contribution in [-0.4, -0.2) is 49.7 Å². The van der Waals surface area contributed by atoms with E-state index in [-0.39, 0.29) is 12.5 Å². The quantitative estimate of drug-likeness (QED) is 0.375. The first-order chi connectivity index (χ1) is 8.15. The third-order valence-electron chi connectivity index (χ3n) is 2.52. The molecule has 0 spiro atoms. The first-order valence-electron chi connectivity index (χ1n) is 5.85. The van der Waals surface area contributed by atoms with Gasteiger partial charge in [0, 0.05) is 19.5 Å². The highest BCUT2D eigenvalue weighted by atomic mass is 16.5. The fraction of sp³-hybridized carbons (Fsp3) is 0.667. The average Bonchev–Trinajstić information content (AvgIpc) is 2.70. The van der Waals surface area contributed by atoms with Crippen LogP contribution in [0.2, 0.25) is 0 Å². The summed E-state index contributed by atoms with van der Waals surface area (Å²) < 4.78 is 10.0. The molecule has 1 amide bonds. The number of carbonyl (C=O) groups excluding carboxylic acids is 2. The fourth-order valence-corrected chi connectivity index (χ4v) is 1.60. The Balaban J connectivity index is 2.09. The zero-order valence-corrected chi connectivity index (χ0v) is 10.2. The van der Waals surface area contributed by atoms with E-state index < -0.39 is 5.97 Å². The number of nitrogens with zero attached hydrogens (tertiary/aromatic N) is 1. The number of rotatable bonds is 7. The largest absolute Gasteiger partial charge is 0.463 e. The topological polar surface area (TPSA) is 55.8 Å². The van der Waals surface area contributed by atoms with Crippen molar-refractivity contribution in [3.05, 3.63) is 12.2 Å². The summed E-state index contributed by atoms with van der Waals surface area (Å²) in [5.41, 5.74) is 0.305. The van der Waals surface area contributed by atoms with Crippen molar-refractivity contribution in [2.75, 3.05) is 32.9 Å². The van der Waals surface area contributed by atoms with Gasteiger partial charge in [0.2, 0.25) is 5.91 Å². The van der Waals surface area contributed by atoms with Gasteiger partial charge in [-0.25, -0.2) is 4.79 Å². The lowest BCUT2D eigenvalue weighted by Crippen LogP contribution is -2.28. The highest BCUT2D eigenvalue weighted by molar-refractivity contribution is 5.87. The van der Waals surface area contributed by atoms with Gasteiger partial charge in [-0.1, -0.05) is 6.58 Å². The number of carbonyl (C=O) groups is 2. The van der Waals surface area contributed by atoms with Crippen LogP contribution in [0, 0.1) is 0 Å². The van der Waals surface area contributed by atoms with E-state index in [1.54, 1.807) is 11.8 Å². The molecule has 1 fully saturated rings. The molecular weight excluding hydrogens is 222 g/mol. The van der Waals surface area contributed by atoms with Crippen molar-refractivity contribution >= 4 is 11.9 Å². The number of hydrogen-bond acceptors (Lipinski definition) is 4. The smallest absolute Gasteiger partial charge is 0.335 e. The summed E-state index contributed by atoms with van der Waals surface area (Å²) in [5, 5.41) is 0. The van der Waals surface area contributed by atoms with Crippen LogP contribution >= 0.6 is 0 Å². The van der Waals surface area contributed by atoms with E-state index in [0.717, 1.165) is 13.0 Å². The van der Waals surface area contributed by atoms with Crippen molar-refractivity contribution < 1.29 is 19.1 Å². The highest BCUT2D eigenvalue weighted by Gasteiger charge is 2.19. The monoisotopic (exact) mass is 241 g/mol. The van der Waals surface area contributed by atoms with Gasteiger partial charge in [-0.05, 0) is 13.3 Å². The summed E-state index contributed by atoms with van der Waals surface area (Å²) in [6.07, 6.45) is 1.56. The van der Waals surface area contributed by atoms with Crippen molar-refractivity contribution in [2.24, 2.45) is 0 Å². The van der Waals surface area contributed by atoms with E-state index in [0.29, 0.717) is 31.8 Å². The fourth-order valence-electron chi connectivity index (χ4n) is 1.60. The van der Waals surface area contributed by atoms with Gasteiger partial charge >= 0.3 is 5.97 Å². The summed E-state index contributed by atoms with van der Waals surface area (Å²) in [4.78, 5) is 24.2. The van der Waals surface area contributed by atoms with E-state index in [2.05, 4.69) is 6.58 Å². The molecule has 1 aliphatic heterocycles. The van der Waals surface area contributed by atoms with Gasteiger partial charge in [0.15, 0.2) is 0 Å². The van der Waals surface area contributed by atoms with Crippen LogP contribution in [0.3, 0.4) is 0 Å². The molecule has 1 saturated heterocycles. The minimum atomic E-state index is -0.426. The van der Waals surface area contributed by atoms with Crippen molar-refractivity contribution in [2.45, 2.75) is 19.8 Å². The first kappa shape index (κ1) is 13.7. The molecule has 1 rings (SSSR count). The molecule has 96 valence electrons. The minimum absolute atomic E-state index is 0.154. The van der Waals surface area contributed by atoms with Gasteiger partial charge in [-0.3, -0.25) is 4.79 Å². The molecule has 5 nitrogen and oxygen atoms in total. The maximum Gasteiger partial charge on any atom is 0.335 e. The van der Waals surface area contributed by atoms with E-state index in [9.17, 15) is 9.59 Å². The van der Waals surface area contributed by atoms with Gasteiger partial charge < -0.3 is 14.4 Å². The van der Waals surface area contributed by atoms with E-state index in [1.165, 1.54) is 0 Å². The normalized spacial score (nSPS) is 15.1. The molecule has 0 aliphatic carbocycles. The summed E-state index contributed by atoms with van der Waals surface area (Å²) >= 11 is 0. The third kappa shape index (κ3) is 4.56. The molecule has 0 N–H and O–H groups in total. The standard InChI is InChI=1S/C12H19NO4/c1-3-17-12(15)10(2)9-16-8-7-13-6-4-5-11(13)14/h2-9H2,1H3. The second kappa shape index (κ2) is 7.06. The second-order valence-corrected chi connectivity index (χ2v) is 3.86. The van der Waals surface area contributed by atoms with Crippen LogP contribution in [0.25, 0.3) is 0 Å². The van der Waals surface area contributed by atoms with E-state index in [1.807, 2.05) is 0 Å². The lowest BCUT2D eigenvalue weighted by Gasteiger charge is -2.15. The Morgan fingerprint density at radius 2 is 2.29 bits per heavy atom. The molecule has 0 saturated carbocycles. The Bertz CT molecular complexity index is 301. The van der Waals surface area contributed by atoms with Crippen molar-refractivity contribution in [1.29, 1.82) is 0 Å². The molecule has 1 heterocycles. The van der Waals surface area contributed by atoms with Gasteiger partial charge in [-0.2, -0.15) is 0 Å². The Morgan fingerprint density at radius 3 is 2.88 bits per heavy atom. The van der Waals surface area contributed by atoms with E-state index in [4.69, 9.17) is 9.47 Å². The molecule has 5 heteroatoms. The Kier molecular flexibility index (Phi) is 5.69. The molecule has 0 atom stereocenters. The molecule has 0 aromatic rings. The van der Waals surface area contributed by atoms with Crippen LogP contribution in [0.4, 0.5) is 0 Å². The van der Waals surface area contributed by atoms with E-state index >= 15 is 0 Å². The van der Waals surface area contributed by atoms with Crippen LogP contribution < -0.4 is 0 Å². The Morgan fingerprint density at radius 1 is 1.53 bits per heavy atom. The molecule has 0 bridgehead atoms. The lowest BCUT2D eigenvalue weighted by atomic mass is 10.3. The average molecular weight is 241 g/mol. The molecule has 0 aromatic heterocycles. The van der Waals surface area contributed by atoms with Crippen molar-refractivity contribution in [3.63, 3.8) is 0 Å². The molecule has 17 heavy (non-hydrogen) atoms. The predicted octanol–water partition coefficient (Wildman–Crippen LogP) is 0.745. The van der Waals surface area contributed by atoms with Crippen molar-refractivity contribution in [3.8, 4) is 0 Å². The molecule has 0 radical (unpaired) electrons. The zero-order valence-electron chi connectivity index (χ0n) is 10.2. The summed E-state index contributed by atoms with van der Waals surface area (Å²) in [5.74, 6) is -0.248. The van der Waals surface area contributed by atoms with Crippen LogP contribution in [-0.2, 0) is 19.1 Å². The molecule has 0 unspecified atom stereocenters. The number of amides is 1. The molecule has 0 aromatic carbocycles. The number of likely N-dealkylation sites (tertiary alicyclic amines) is 1. The Hall–Kier alpha value is -1.36. The first-order valence-corrected chi connectivity index (χ1v) is 5.85. The predicted molar refractivity (Wildman–Crippen MR) is 62.4 cm³/mol. The summed E-state index contributed by atoms with van der Waals surface area (Å²) in [7, 11) is 0. The lowest BCUT2D eigenvalue weighted by molar-refractivity contribution is -0.139. The van der Waals surface area contributed by atoms with Crippen LogP contribution in [0.15, 0.2) is 12.2 Å². The summed E-state index contributed by atoms with van der Waals surface area (Å²) in [6.45, 7) is 7.61. The van der Waals surface area contributed by atoms with Gasteiger partial charge in [-0.15, -0.1) is 0 Å². The summed E-state index contributed by atoms with van der Waals surface area (Å²) in [6, 6.07) is 0. The molecular formula is C12H19NO4.